The first-order chi connectivity index (χ1) is 11.7. The van der Waals surface area contributed by atoms with E-state index in [1.807, 2.05) is 6.92 Å². The maximum Gasteiger partial charge on any atom is 0.245 e. The Morgan fingerprint density at radius 2 is 1.84 bits per heavy atom. The Morgan fingerprint density at radius 3 is 2.40 bits per heavy atom. The zero-order valence-electron chi connectivity index (χ0n) is 14.1. The SMILES string of the molecule is COc1ccc(C)cc1N(CC(=O)Nc1ccc(F)cc1)S(C)(=O)=O. The summed E-state index contributed by atoms with van der Waals surface area (Å²) in [6, 6.07) is 10.2. The Bertz CT molecular complexity index is 867. The molecule has 0 radical (unpaired) electrons. The van der Waals surface area contributed by atoms with Crippen molar-refractivity contribution in [2.45, 2.75) is 6.92 Å². The van der Waals surface area contributed by atoms with E-state index in [2.05, 4.69) is 5.32 Å². The molecule has 0 unspecified atom stereocenters. The van der Waals surface area contributed by atoms with E-state index in [1.165, 1.54) is 31.4 Å². The Balaban J connectivity index is 2.29. The highest BCUT2D eigenvalue weighted by atomic mass is 32.2. The zero-order chi connectivity index (χ0) is 18.6. The number of nitrogens with zero attached hydrogens (tertiary/aromatic N) is 1. The summed E-state index contributed by atoms with van der Waals surface area (Å²) < 4.78 is 43.5. The van der Waals surface area contributed by atoms with Gasteiger partial charge in [-0.2, -0.15) is 0 Å². The molecule has 0 fully saturated rings. The number of ether oxygens (including phenoxy) is 1. The molecule has 0 spiro atoms. The van der Waals surface area contributed by atoms with Gasteiger partial charge in [0.1, 0.15) is 18.1 Å². The van der Waals surface area contributed by atoms with Crippen LogP contribution in [0.3, 0.4) is 0 Å². The maximum absolute atomic E-state index is 12.9. The summed E-state index contributed by atoms with van der Waals surface area (Å²) in [6.07, 6.45) is 1.01. The lowest BCUT2D eigenvalue weighted by Crippen LogP contribution is -2.37. The van der Waals surface area contributed by atoms with Gasteiger partial charge in [-0.05, 0) is 48.9 Å². The molecular weight excluding hydrogens is 347 g/mol. The van der Waals surface area contributed by atoms with Gasteiger partial charge in [0.25, 0.3) is 0 Å². The minimum atomic E-state index is -3.73. The smallest absolute Gasteiger partial charge is 0.245 e. The summed E-state index contributed by atoms with van der Waals surface area (Å²) in [7, 11) is -2.31. The summed E-state index contributed by atoms with van der Waals surface area (Å²) in [5, 5.41) is 2.54. The minimum Gasteiger partial charge on any atom is -0.495 e. The van der Waals surface area contributed by atoms with E-state index >= 15 is 0 Å². The molecule has 1 N–H and O–H groups in total. The van der Waals surface area contributed by atoms with E-state index in [0.29, 0.717) is 11.4 Å². The summed E-state index contributed by atoms with van der Waals surface area (Å²) in [5.41, 5.74) is 1.47. The van der Waals surface area contributed by atoms with Crippen LogP contribution in [0.1, 0.15) is 5.56 Å². The average Bonchev–Trinajstić information content (AvgIpc) is 2.54. The predicted octanol–water partition coefficient (Wildman–Crippen LogP) is 2.55. The van der Waals surface area contributed by atoms with Gasteiger partial charge in [-0.3, -0.25) is 9.10 Å². The summed E-state index contributed by atoms with van der Waals surface area (Å²) in [4.78, 5) is 12.3. The standard InChI is InChI=1S/C17H19FN2O4S/c1-12-4-9-16(24-2)15(10-12)20(25(3,22)23)11-17(21)19-14-7-5-13(18)6-8-14/h4-10H,11H2,1-3H3,(H,19,21). The number of aryl methyl sites for hydroxylation is 1. The number of hydrogen-bond acceptors (Lipinski definition) is 4. The van der Waals surface area contributed by atoms with Crippen LogP contribution in [0, 0.1) is 12.7 Å². The Labute approximate surface area is 146 Å². The number of carbonyl (C=O) groups excluding carboxylic acids is 1. The number of sulfonamides is 1. The van der Waals surface area contributed by atoms with Crippen molar-refractivity contribution in [1.82, 2.24) is 0 Å². The summed E-state index contributed by atoms with van der Waals surface area (Å²) in [5.74, 6) is -0.647. The van der Waals surface area contributed by atoms with Crippen LogP contribution in [0.15, 0.2) is 42.5 Å². The lowest BCUT2D eigenvalue weighted by Gasteiger charge is -2.24. The van der Waals surface area contributed by atoms with E-state index in [9.17, 15) is 17.6 Å². The van der Waals surface area contributed by atoms with Crippen LogP contribution in [0.4, 0.5) is 15.8 Å². The van der Waals surface area contributed by atoms with Crippen LogP contribution < -0.4 is 14.4 Å². The summed E-state index contributed by atoms with van der Waals surface area (Å²) >= 11 is 0. The van der Waals surface area contributed by atoms with Crippen LogP contribution in [0.2, 0.25) is 0 Å². The van der Waals surface area contributed by atoms with Gasteiger partial charge in [0.2, 0.25) is 15.9 Å². The third kappa shape index (κ3) is 4.93. The molecule has 0 aliphatic heterocycles. The van der Waals surface area contributed by atoms with Gasteiger partial charge in [0.15, 0.2) is 0 Å². The first kappa shape index (κ1) is 18.7. The van der Waals surface area contributed by atoms with Crippen LogP contribution in [0.25, 0.3) is 0 Å². The number of methoxy groups -OCH3 is 1. The topological polar surface area (TPSA) is 75.7 Å². The molecule has 0 aliphatic carbocycles. The molecule has 0 atom stereocenters. The molecule has 0 saturated carbocycles. The highest BCUT2D eigenvalue weighted by Gasteiger charge is 2.24. The average molecular weight is 366 g/mol. The van der Waals surface area contributed by atoms with Crippen molar-refractivity contribution < 1.29 is 22.3 Å². The Hall–Kier alpha value is -2.61. The van der Waals surface area contributed by atoms with Crippen molar-refractivity contribution in [1.29, 1.82) is 0 Å². The predicted molar refractivity (Wildman–Crippen MR) is 95.0 cm³/mol. The fraction of sp³-hybridized carbons (Fsp3) is 0.235. The van der Waals surface area contributed by atoms with Crippen molar-refractivity contribution in [2.75, 3.05) is 29.5 Å². The number of halogens is 1. The number of nitrogens with one attached hydrogen (secondary N) is 1. The Morgan fingerprint density at radius 1 is 1.20 bits per heavy atom. The van der Waals surface area contributed by atoms with Gasteiger partial charge in [0, 0.05) is 5.69 Å². The highest BCUT2D eigenvalue weighted by molar-refractivity contribution is 7.92. The molecule has 2 aromatic carbocycles. The van der Waals surface area contributed by atoms with Gasteiger partial charge in [0.05, 0.1) is 19.1 Å². The highest BCUT2D eigenvalue weighted by Crippen LogP contribution is 2.30. The number of anilines is 2. The molecule has 6 nitrogen and oxygen atoms in total. The van der Waals surface area contributed by atoms with Gasteiger partial charge >= 0.3 is 0 Å². The quantitative estimate of drug-likeness (QED) is 0.852. The van der Waals surface area contributed by atoms with E-state index in [-0.39, 0.29) is 5.69 Å². The number of amides is 1. The Kier molecular flexibility index (Phi) is 5.63. The fourth-order valence-electron chi connectivity index (χ4n) is 2.24. The second kappa shape index (κ2) is 7.52. The fourth-order valence-corrected chi connectivity index (χ4v) is 3.09. The van der Waals surface area contributed by atoms with E-state index < -0.39 is 28.3 Å². The van der Waals surface area contributed by atoms with Crippen LogP contribution in [0.5, 0.6) is 5.75 Å². The van der Waals surface area contributed by atoms with Gasteiger partial charge < -0.3 is 10.1 Å². The van der Waals surface area contributed by atoms with E-state index in [0.717, 1.165) is 16.1 Å². The molecule has 0 bridgehead atoms. The summed E-state index contributed by atoms with van der Waals surface area (Å²) in [6.45, 7) is 1.37. The number of rotatable bonds is 6. The number of benzene rings is 2. The van der Waals surface area contributed by atoms with E-state index in [4.69, 9.17) is 4.74 Å². The second-order valence-electron chi connectivity index (χ2n) is 5.50. The lowest BCUT2D eigenvalue weighted by molar-refractivity contribution is -0.114. The van der Waals surface area contributed by atoms with Gasteiger partial charge in [-0.1, -0.05) is 6.07 Å². The monoisotopic (exact) mass is 366 g/mol. The molecule has 0 aliphatic rings. The molecule has 0 saturated heterocycles. The van der Waals surface area contributed by atoms with Gasteiger partial charge in [-0.25, -0.2) is 12.8 Å². The zero-order valence-corrected chi connectivity index (χ0v) is 14.9. The molecule has 2 rings (SSSR count). The normalized spacial score (nSPS) is 11.0. The van der Waals surface area contributed by atoms with Crippen molar-refractivity contribution in [3.05, 3.63) is 53.8 Å². The maximum atomic E-state index is 12.9. The third-order valence-corrected chi connectivity index (χ3v) is 4.55. The second-order valence-corrected chi connectivity index (χ2v) is 7.41. The molecule has 2 aromatic rings. The molecule has 0 heterocycles. The molecule has 134 valence electrons. The van der Waals surface area contributed by atoms with E-state index in [1.54, 1.807) is 18.2 Å². The molecule has 0 aromatic heterocycles. The van der Waals surface area contributed by atoms with Gasteiger partial charge in [-0.15, -0.1) is 0 Å². The first-order valence-corrected chi connectivity index (χ1v) is 9.23. The van der Waals surface area contributed by atoms with Crippen LogP contribution in [-0.2, 0) is 14.8 Å². The van der Waals surface area contributed by atoms with Crippen molar-refractivity contribution in [3.8, 4) is 5.75 Å². The van der Waals surface area contributed by atoms with Crippen molar-refractivity contribution in [2.24, 2.45) is 0 Å². The van der Waals surface area contributed by atoms with Crippen molar-refractivity contribution in [3.63, 3.8) is 0 Å². The lowest BCUT2D eigenvalue weighted by atomic mass is 10.2. The molecule has 1 amide bonds. The number of carbonyl (C=O) groups is 1. The van der Waals surface area contributed by atoms with Crippen LogP contribution >= 0.6 is 0 Å². The number of hydrogen-bond donors (Lipinski definition) is 1. The minimum absolute atomic E-state index is 0.277. The van der Waals surface area contributed by atoms with Crippen molar-refractivity contribution >= 4 is 27.3 Å². The van der Waals surface area contributed by atoms with Crippen LogP contribution in [-0.4, -0.2) is 34.2 Å². The largest absolute Gasteiger partial charge is 0.495 e. The molecule has 8 heteroatoms. The molecule has 25 heavy (non-hydrogen) atoms. The molecular formula is C17H19FN2O4S. The third-order valence-electron chi connectivity index (χ3n) is 3.42. The first-order valence-electron chi connectivity index (χ1n) is 7.38.